The standard InChI is InChI=1S/C10H8ClFN4/c11-10-15-5-6(12)9(16-10)8(13)7-3-1-2-4-14-7/h1-5,8H,13H2. The van der Waals surface area contributed by atoms with Crippen LogP contribution in [0.15, 0.2) is 30.6 Å². The van der Waals surface area contributed by atoms with Crippen molar-refractivity contribution in [2.75, 3.05) is 0 Å². The highest BCUT2D eigenvalue weighted by molar-refractivity contribution is 6.28. The average molecular weight is 239 g/mol. The van der Waals surface area contributed by atoms with Gasteiger partial charge in [-0.2, -0.15) is 0 Å². The zero-order valence-electron chi connectivity index (χ0n) is 8.14. The molecule has 1 unspecified atom stereocenters. The third-order valence-electron chi connectivity index (χ3n) is 2.04. The van der Waals surface area contributed by atoms with Gasteiger partial charge in [0.2, 0.25) is 5.28 Å². The van der Waals surface area contributed by atoms with Crippen LogP contribution in [0.3, 0.4) is 0 Å². The highest BCUT2D eigenvalue weighted by Crippen LogP contribution is 2.18. The molecule has 2 heterocycles. The van der Waals surface area contributed by atoms with Crippen molar-refractivity contribution in [3.8, 4) is 0 Å². The maximum absolute atomic E-state index is 13.4. The first-order chi connectivity index (χ1) is 7.68. The number of hydrogen-bond donors (Lipinski definition) is 1. The van der Waals surface area contributed by atoms with Gasteiger partial charge in [0.1, 0.15) is 5.69 Å². The summed E-state index contributed by atoms with van der Waals surface area (Å²) < 4.78 is 13.4. The second-order valence-electron chi connectivity index (χ2n) is 3.10. The Bertz CT molecular complexity index is 491. The SMILES string of the molecule is NC(c1ccccn1)c1nc(Cl)ncc1F. The Kier molecular flexibility index (Phi) is 3.07. The zero-order valence-corrected chi connectivity index (χ0v) is 8.89. The minimum Gasteiger partial charge on any atom is -0.318 e. The van der Waals surface area contributed by atoms with Crippen LogP contribution in [0.25, 0.3) is 0 Å². The van der Waals surface area contributed by atoms with Crippen molar-refractivity contribution in [2.45, 2.75) is 6.04 Å². The first-order valence-electron chi connectivity index (χ1n) is 4.53. The summed E-state index contributed by atoms with van der Waals surface area (Å²) >= 11 is 5.58. The number of nitrogens with zero attached hydrogens (tertiary/aromatic N) is 3. The normalized spacial score (nSPS) is 12.4. The molecular formula is C10H8ClFN4. The summed E-state index contributed by atoms with van der Waals surface area (Å²) in [6.07, 6.45) is 2.57. The Hall–Kier alpha value is -1.59. The Balaban J connectivity index is 2.41. The van der Waals surface area contributed by atoms with E-state index in [0.29, 0.717) is 5.69 Å². The Morgan fingerprint density at radius 3 is 2.81 bits per heavy atom. The van der Waals surface area contributed by atoms with Gasteiger partial charge in [0.25, 0.3) is 0 Å². The molecule has 0 saturated heterocycles. The smallest absolute Gasteiger partial charge is 0.222 e. The van der Waals surface area contributed by atoms with Gasteiger partial charge in [0.05, 0.1) is 17.9 Å². The number of pyridine rings is 1. The topological polar surface area (TPSA) is 64.7 Å². The van der Waals surface area contributed by atoms with Gasteiger partial charge in [-0.3, -0.25) is 4.98 Å². The molecule has 1 atom stereocenters. The lowest BCUT2D eigenvalue weighted by Crippen LogP contribution is -2.17. The van der Waals surface area contributed by atoms with Crippen LogP contribution in [0.2, 0.25) is 5.28 Å². The molecule has 0 fully saturated rings. The average Bonchev–Trinajstić information content (AvgIpc) is 2.32. The van der Waals surface area contributed by atoms with E-state index in [1.54, 1.807) is 24.4 Å². The van der Waals surface area contributed by atoms with Gasteiger partial charge in [0.15, 0.2) is 5.82 Å². The molecular weight excluding hydrogens is 231 g/mol. The van der Waals surface area contributed by atoms with Crippen LogP contribution in [0.1, 0.15) is 17.4 Å². The van der Waals surface area contributed by atoms with Crippen LogP contribution in [-0.2, 0) is 0 Å². The van der Waals surface area contributed by atoms with E-state index in [2.05, 4.69) is 15.0 Å². The third kappa shape index (κ3) is 2.15. The molecule has 0 aliphatic rings. The molecule has 2 N–H and O–H groups in total. The van der Waals surface area contributed by atoms with Crippen molar-refractivity contribution in [1.29, 1.82) is 0 Å². The van der Waals surface area contributed by atoms with Gasteiger partial charge in [-0.25, -0.2) is 14.4 Å². The van der Waals surface area contributed by atoms with Gasteiger partial charge >= 0.3 is 0 Å². The highest BCUT2D eigenvalue weighted by atomic mass is 35.5. The summed E-state index contributed by atoms with van der Waals surface area (Å²) in [6, 6.07) is 4.46. The molecule has 6 heteroatoms. The molecule has 82 valence electrons. The van der Waals surface area contributed by atoms with Crippen LogP contribution in [0, 0.1) is 5.82 Å². The van der Waals surface area contributed by atoms with Crippen molar-refractivity contribution >= 4 is 11.6 Å². The number of hydrogen-bond acceptors (Lipinski definition) is 4. The van der Waals surface area contributed by atoms with E-state index in [1.807, 2.05) is 0 Å². The lowest BCUT2D eigenvalue weighted by molar-refractivity contribution is 0.575. The first kappa shape index (κ1) is 10.9. The fourth-order valence-corrected chi connectivity index (χ4v) is 1.42. The van der Waals surface area contributed by atoms with Crippen LogP contribution in [0.4, 0.5) is 4.39 Å². The maximum Gasteiger partial charge on any atom is 0.222 e. The predicted molar refractivity (Wildman–Crippen MR) is 57.3 cm³/mol. The molecule has 2 aromatic heterocycles. The molecule has 0 aliphatic heterocycles. The summed E-state index contributed by atoms with van der Waals surface area (Å²) in [6.45, 7) is 0. The van der Waals surface area contributed by atoms with Crippen LogP contribution >= 0.6 is 11.6 Å². The van der Waals surface area contributed by atoms with Crippen molar-refractivity contribution in [1.82, 2.24) is 15.0 Å². The first-order valence-corrected chi connectivity index (χ1v) is 4.90. The van der Waals surface area contributed by atoms with Gasteiger partial charge in [-0.15, -0.1) is 0 Å². The summed E-state index contributed by atoms with van der Waals surface area (Å²) in [5.74, 6) is -0.595. The Morgan fingerprint density at radius 1 is 1.31 bits per heavy atom. The summed E-state index contributed by atoms with van der Waals surface area (Å²) in [5.41, 5.74) is 6.40. The summed E-state index contributed by atoms with van der Waals surface area (Å²) in [5, 5.41) is -0.0391. The monoisotopic (exact) mass is 238 g/mol. The van der Waals surface area contributed by atoms with Gasteiger partial charge in [0, 0.05) is 6.20 Å². The second kappa shape index (κ2) is 4.51. The van der Waals surface area contributed by atoms with Crippen molar-refractivity contribution in [3.63, 3.8) is 0 Å². The Morgan fingerprint density at radius 2 is 2.12 bits per heavy atom. The lowest BCUT2D eigenvalue weighted by Gasteiger charge is -2.10. The number of aromatic nitrogens is 3. The van der Waals surface area contributed by atoms with Gasteiger partial charge in [-0.05, 0) is 23.7 Å². The fourth-order valence-electron chi connectivity index (χ4n) is 1.28. The highest BCUT2D eigenvalue weighted by Gasteiger charge is 2.17. The van der Waals surface area contributed by atoms with E-state index in [-0.39, 0.29) is 11.0 Å². The molecule has 0 amide bonds. The van der Waals surface area contributed by atoms with Crippen LogP contribution < -0.4 is 5.73 Å². The van der Waals surface area contributed by atoms with E-state index in [4.69, 9.17) is 17.3 Å². The van der Waals surface area contributed by atoms with E-state index in [1.165, 1.54) is 0 Å². The van der Waals surface area contributed by atoms with Crippen LogP contribution in [0.5, 0.6) is 0 Å². The molecule has 2 rings (SSSR count). The predicted octanol–water partition coefficient (Wildman–Crippen LogP) is 1.71. The summed E-state index contributed by atoms with van der Waals surface area (Å²) in [7, 11) is 0. The minimum absolute atomic E-state index is 0.0391. The quantitative estimate of drug-likeness (QED) is 0.809. The lowest BCUT2D eigenvalue weighted by atomic mass is 10.1. The number of rotatable bonds is 2. The van der Waals surface area contributed by atoms with Crippen molar-refractivity contribution < 1.29 is 4.39 Å². The van der Waals surface area contributed by atoms with Gasteiger partial charge in [-0.1, -0.05) is 6.07 Å². The molecule has 0 aliphatic carbocycles. The largest absolute Gasteiger partial charge is 0.318 e. The van der Waals surface area contributed by atoms with Crippen LogP contribution in [-0.4, -0.2) is 15.0 Å². The van der Waals surface area contributed by atoms with E-state index >= 15 is 0 Å². The number of halogens is 2. The van der Waals surface area contributed by atoms with E-state index in [9.17, 15) is 4.39 Å². The molecule has 0 bridgehead atoms. The van der Waals surface area contributed by atoms with Gasteiger partial charge < -0.3 is 5.73 Å². The molecule has 4 nitrogen and oxygen atoms in total. The summed E-state index contributed by atoms with van der Waals surface area (Å²) in [4.78, 5) is 11.3. The zero-order chi connectivity index (χ0) is 11.5. The maximum atomic E-state index is 13.4. The van der Waals surface area contributed by atoms with Crippen molar-refractivity contribution in [2.24, 2.45) is 5.73 Å². The van der Waals surface area contributed by atoms with E-state index in [0.717, 1.165) is 6.20 Å². The third-order valence-corrected chi connectivity index (χ3v) is 2.22. The fraction of sp³-hybridized carbons (Fsp3) is 0.100. The second-order valence-corrected chi connectivity index (χ2v) is 3.44. The van der Waals surface area contributed by atoms with E-state index < -0.39 is 11.9 Å². The van der Waals surface area contributed by atoms with Crippen molar-refractivity contribution in [3.05, 3.63) is 53.1 Å². The molecule has 0 radical (unpaired) electrons. The molecule has 0 spiro atoms. The Labute approximate surface area is 96.3 Å². The number of nitrogens with two attached hydrogens (primary N) is 1. The minimum atomic E-state index is -0.748. The molecule has 16 heavy (non-hydrogen) atoms. The molecule has 0 aromatic carbocycles. The molecule has 2 aromatic rings. The molecule has 0 saturated carbocycles.